The first-order valence-corrected chi connectivity index (χ1v) is 4.61. The largest absolute Gasteiger partial charge is 0.468 e. The molecule has 1 aliphatic heterocycles. The van der Waals surface area contributed by atoms with E-state index in [1.807, 2.05) is 4.90 Å². The summed E-state index contributed by atoms with van der Waals surface area (Å²) >= 11 is 0. The molecule has 0 aliphatic carbocycles. The van der Waals surface area contributed by atoms with Gasteiger partial charge in [0.25, 0.3) is 0 Å². The van der Waals surface area contributed by atoms with Gasteiger partial charge in [0.1, 0.15) is 12.2 Å². The van der Waals surface area contributed by atoms with Crippen LogP contribution in [0.5, 0.6) is 0 Å². The van der Waals surface area contributed by atoms with Gasteiger partial charge in [-0.1, -0.05) is 0 Å². The topological polar surface area (TPSA) is 29.5 Å². The van der Waals surface area contributed by atoms with Gasteiger partial charge in [0, 0.05) is 6.54 Å². The molecule has 0 saturated carbocycles. The molecule has 1 heterocycles. The Kier molecular flexibility index (Phi) is 3.66. The third-order valence-corrected chi connectivity index (χ3v) is 2.49. The number of piperidine rings is 1. The molecule has 4 heteroatoms. The van der Waals surface area contributed by atoms with Crippen molar-refractivity contribution in [3.8, 4) is 0 Å². The summed E-state index contributed by atoms with van der Waals surface area (Å²) in [5.74, 6) is -0.283. The number of likely N-dealkylation sites (tertiary alicyclic amines) is 1. The first kappa shape index (κ1) is 10.4. The second kappa shape index (κ2) is 4.56. The summed E-state index contributed by atoms with van der Waals surface area (Å²) in [7, 11) is 1.36. The maximum Gasteiger partial charge on any atom is 0.322 e. The van der Waals surface area contributed by atoms with Gasteiger partial charge in [0.05, 0.1) is 7.11 Å². The molecule has 0 radical (unpaired) electrons. The minimum absolute atomic E-state index is 0.283. The molecule has 13 heavy (non-hydrogen) atoms. The number of carbonyl (C=O) groups excluding carboxylic acids is 1. The summed E-state index contributed by atoms with van der Waals surface area (Å²) in [6.45, 7) is 2.90. The van der Waals surface area contributed by atoms with E-state index in [4.69, 9.17) is 0 Å². The number of carbonyl (C=O) groups is 1. The predicted molar refractivity (Wildman–Crippen MR) is 47.2 cm³/mol. The van der Waals surface area contributed by atoms with Crippen molar-refractivity contribution >= 4 is 5.97 Å². The molecule has 0 aromatic carbocycles. The summed E-state index contributed by atoms with van der Waals surface area (Å²) in [6.07, 6.45) is 0.647. The fraction of sp³-hybridized carbons (Fsp3) is 0.889. The van der Waals surface area contributed by atoms with Crippen LogP contribution < -0.4 is 0 Å². The average molecular weight is 189 g/mol. The third-order valence-electron chi connectivity index (χ3n) is 2.49. The highest BCUT2D eigenvalue weighted by atomic mass is 19.1. The molecule has 1 aliphatic rings. The molecule has 0 bridgehead atoms. The maximum atomic E-state index is 13.0. The summed E-state index contributed by atoms with van der Waals surface area (Å²) in [5, 5.41) is 0. The number of hydrogen-bond acceptors (Lipinski definition) is 3. The quantitative estimate of drug-likeness (QED) is 0.606. The monoisotopic (exact) mass is 189 g/mol. The van der Waals surface area contributed by atoms with Crippen LogP contribution in [0.3, 0.4) is 0 Å². The fourth-order valence-electron chi connectivity index (χ4n) is 1.62. The SMILES string of the molecule is COC(=O)C(C)N1CCCC(F)C1. The van der Waals surface area contributed by atoms with Gasteiger partial charge in [-0.05, 0) is 26.3 Å². The lowest BCUT2D eigenvalue weighted by molar-refractivity contribution is -0.147. The Bertz CT molecular complexity index is 186. The lowest BCUT2D eigenvalue weighted by Crippen LogP contribution is -2.46. The molecule has 0 aromatic heterocycles. The van der Waals surface area contributed by atoms with Crippen molar-refractivity contribution in [2.24, 2.45) is 0 Å². The van der Waals surface area contributed by atoms with Gasteiger partial charge in [0.2, 0.25) is 0 Å². The van der Waals surface area contributed by atoms with E-state index in [9.17, 15) is 9.18 Å². The van der Waals surface area contributed by atoms with Crippen LogP contribution in [0, 0.1) is 0 Å². The Balaban J connectivity index is 2.45. The molecule has 2 atom stereocenters. The normalized spacial score (nSPS) is 26.8. The minimum atomic E-state index is -0.791. The second-order valence-corrected chi connectivity index (χ2v) is 3.43. The van der Waals surface area contributed by atoms with Crippen molar-refractivity contribution in [2.75, 3.05) is 20.2 Å². The minimum Gasteiger partial charge on any atom is -0.468 e. The molecule has 0 spiro atoms. The van der Waals surface area contributed by atoms with Crippen molar-refractivity contribution in [2.45, 2.75) is 32.0 Å². The summed E-state index contributed by atoms with van der Waals surface area (Å²) < 4.78 is 17.6. The number of ether oxygens (including phenoxy) is 1. The van der Waals surface area contributed by atoms with E-state index >= 15 is 0 Å². The summed E-state index contributed by atoms with van der Waals surface area (Å²) in [4.78, 5) is 13.0. The van der Waals surface area contributed by atoms with Gasteiger partial charge in [-0.15, -0.1) is 0 Å². The second-order valence-electron chi connectivity index (χ2n) is 3.43. The molecule has 1 rings (SSSR count). The zero-order chi connectivity index (χ0) is 9.84. The Morgan fingerprint density at radius 1 is 1.69 bits per heavy atom. The number of hydrogen-bond donors (Lipinski definition) is 0. The van der Waals surface area contributed by atoms with Crippen LogP contribution in [0.15, 0.2) is 0 Å². The standard InChI is InChI=1S/C9H16FNO2/c1-7(9(12)13-2)11-5-3-4-8(10)6-11/h7-8H,3-6H2,1-2H3. The van der Waals surface area contributed by atoms with Crippen molar-refractivity contribution in [3.05, 3.63) is 0 Å². The Labute approximate surface area is 77.9 Å². The number of halogens is 1. The van der Waals surface area contributed by atoms with Crippen LogP contribution in [0.4, 0.5) is 4.39 Å². The number of rotatable bonds is 2. The van der Waals surface area contributed by atoms with Gasteiger partial charge in [0.15, 0.2) is 0 Å². The highest BCUT2D eigenvalue weighted by molar-refractivity contribution is 5.75. The molecule has 1 fully saturated rings. The van der Waals surface area contributed by atoms with E-state index in [0.29, 0.717) is 13.0 Å². The lowest BCUT2D eigenvalue weighted by Gasteiger charge is -2.32. The van der Waals surface area contributed by atoms with Crippen molar-refractivity contribution in [3.63, 3.8) is 0 Å². The smallest absolute Gasteiger partial charge is 0.322 e. The molecular weight excluding hydrogens is 173 g/mol. The Hall–Kier alpha value is -0.640. The van der Waals surface area contributed by atoms with Crippen LogP contribution in [-0.2, 0) is 9.53 Å². The number of nitrogens with zero attached hydrogens (tertiary/aromatic N) is 1. The summed E-state index contributed by atoms with van der Waals surface area (Å²) in [5.41, 5.74) is 0. The highest BCUT2D eigenvalue weighted by Gasteiger charge is 2.27. The lowest BCUT2D eigenvalue weighted by atomic mass is 10.1. The molecule has 0 N–H and O–H groups in total. The molecule has 3 nitrogen and oxygen atoms in total. The van der Waals surface area contributed by atoms with Crippen molar-refractivity contribution < 1.29 is 13.9 Å². The highest BCUT2D eigenvalue weighted by Crippen LogP contribution is 2.15. The molecule has 2 unspecified atom stereocenters. The first-order chi connectivity index (χ1) is 6.15. The van der Waals surface area contributed by atoms with Crippen LogP contribution in [0.1, 0.15) is 19.8 Å². The van der Waals surface area contributed by atoms with Gasteiger partial charge in [-0.3, -0.25) is 9.69 Å². The number of methoxy groups -OCH3 is 1. The van der Waals surface area contributed by atoms with Crippen molar-refractivity contribution in [1.29, 1.82) is 0 Å². The Morgan fingerprint density at radius 3 is 2.92 bits per heavy atom. The molecule has 0 amide bonds. The fourth-order valence-corrected chi connectivity index (χ4v) is 1.62. The van der Waals surface area contributed by atoms with Crippen LogP contribution in [0.2, 0.25) is 0 Å². The molecule has 76 valence electrons. The van der Waals surface area contributed by atoms with E-state index in [1.165, 1.54) is 7.11 Å². The van der Waals surface area contributed by atoms with Crippen LogP contribution in [-0.4, -0.2) is 43.3 Å². The van der Waals surface area contributed by atoms with E-state index in [-0.39, 0.29) is 12.0 Å². The van der Waals surface area contributed by atoms with E-state index in [1.54, 1.807) is 6.92 Å². The van der Waals surface area contributed by atoms with E-state index in [0.717, 1.165) is 13.0 Å². The number of esters is 1. The summed E-state index contributed by atoms with van der Waals surface area (Å²) in [6, 6.07) is -0.316. The zero-order valence-corrected chi connectivity index (χ0v) is 8.12. The molecule has 0 aromatic rings. The Morgan fingerprint density at radius 2 is 2.38 bits per heavy atom. The van der Waals surface area contributed by atoms with Gasteiger partial charge in [-0.2, -0.15) is 0 Å². The van der Waals surface area contributed by atoms with Gasteiger partial charge >= 0.3 is 5.97 Å². The number of alkyl halides is 1. The van der Waals surface area contributed by atoms with Crippen molar-refractivity contribution in [1.82, 2.24) is 4.90 Å². The van der Waals surface area contributed by atoms with Gasteiger partial charge < -0.3 is 4.74 Å². The molecule has 1 saturated heterocycles. The van der Waals surface area contributed by atoms with E-state index in [2.05, 4.69) is 4.74 Å². The van der Waals surface area contributed by atoms with Crippen LogP contribution in [0.25, 0.3) is 0 Å². The average Bonchev–Trinajstić information content (AvgIpc) is 2.15. The molecular formula is C9H16FNO2. The van der Waals surface area contributed by atoms with E-state index < -0.39 is 6.17 Å². The zero-order valence-electron chi connectivity index (χ0n) is 8.12. The predicted octanol–water partition coefficient (Wildman–Crippen LogP) is 0.982. The third kappa shape index (κ3) is 2.66. The first-order valence-electron chi connectivity index (χ1n) is 4.61. The van der Waals surface area contributed by atoms with Gasteiger partial charge in [-0.25, -0.2) is 4.39 Å². The van der Waals surface area contributed by atoms with Crippen LogP contribution >= 0.6 is 0 Å². The maximum absolute atomic E-state index is 13.0.